The van der Waals surface area contributed by atoms with Gasteiger partial charge in [0, 0.05) is 0 Å². The van der Waals surface area contributed by atoms with Crippen LogP contribution in [0.25, 0.3) is 6.08 Å². The summed E-state index contributed by atoms with van der Waals surface area (Å²) in [5.74, 6) is 1.41. The van der Waals surface area contributed by atoms with Crippen molar-refractivity contribution in [1.29, 1.82) is 0 Å². The van der Waals surface area contributed by atoms with Crippen LogP contribution in [-0.2, 0) is 4.79 Å². The SMILES string of the molecule is CCOc1ccc(N2C(=O)/C(=C/c3ccc(OC(C)C)c(Br)c3)SC2=S)cc1. The molecular weight excluding hydrogens is 458 g/mol. The van der Waals surface area contributed by atoms with Crippen LogP contribution in [0, 0.1) is 0 Å². The molecule has 1 saturated heterocycles. The normalized spacial score (nSPS) is 15.6. The minimum Gasteiger partial charge on any atom is -0.494 e. The molecule has 28 heavy (non-hydrogen) atoms. The number of nitrogens with zero attached hydrogens (tertiary/aromatic N) is 1. The maximum Gasteiger partial charge on any atom is 0.270 e. The predicted molar refractivity (Wildman–Crippen MR) is 123 cm³/mol. The Morgan fingerprint density at radius 1 is 1.21 bits per heavy atom. The average Bonchev–Trinajstić information content (AvgIpc) is 2.92. The highest BCUT2D eigenvalue weighted by Gasteiger charge is 2.33. The van der Waals surface area contributed by atoms with Gasteiger partial charge in [-0.25, -0.2) is 0 Å². The molecule has 0 radical (unpaired) electrons. The molecule has 7 heteroatoms. The Balaban J connectivity index is 1.82. The summed E-state index contributed by atoms with van der Waals surface area (Å²) in [6.07, 6.45) is 1.94. The summed E-state index contributed by atoms with van der Waals surface area (Å²) in [7, 11) is 0. The minimum absolute atomic E-state index is 0.0903. The largest absolute Gasteiger partial charge is 0.494 e. The van der Waals surface area contributed by atoms with Gasteiger partial charge in [0.1, 0.15) is 11.5 Å². The van der Waals surface area contributed by atoms with E-state index in [0.29, 0.717) is 15.8 Å². The summed E-state index contributed by atoms with van der Waals surface area (Å²) in [5.41, 5.74) is 1.63. The maximum absolute atomic E-state index is 12.9. The first kappa shape index (κ1) is 20.9. The number of rotatable bonds is 6. The molecule has 2 aromatic carbocycles. The molecule has 1 amide bonds. The topological polar surface area (TPSA) is 38.8 Å². The number of halogens is 1. The van der Waals surface area contributed by atoms with Crippen molar-refractivity contribution in [3.05, 3.63) is 57.4 Å². The molecule has 0 unspecified atom stereocenters. The molecule has 0 N–H and O–H groups in total. The average molecular weight is 478 g/mol. The molecule has 1 aliphatic heterocycles. The fourth-order valence-corrected chi connectivity index (χ4v) is 4.45. The maximum atomic E-state index is 12.9. The van der Waals surface area contributed by atoms with E-state index in [1.807, 2.05) is 69.3 Å². The van der Waals surface area contributed by atoms with Crippen molar-refractivity contribution in [3.63, 3.8) is 0 Å². The van der Waals surface area contributed by atoms with Gasteiger partial charge in [-0.05, 0) is 84.7 Å². The fraction of sp³-hybridized carbons (Fsp3) is 0.238. The highest BCUT2D eigenvalue weighted by Crippen LogP contribution is 2.37. The van der Waals surface area contributed by atoms with E-state index < -0.39 is 0 Å². The zero-order valence-electron chi connectivity index (χ0n) is 15.8. The molecule has 4 nitrogen and oxygen atoms in total. The van der Waals surface area contributed by atoms with E-state index in [0.717, 1.165) is 27.2 Å². The number of amides is 1. The molecule has 0 spiro atoms. The predicted octanol–water partition coefficient (Wildman–Crippen LogP) is 6.04. The fourth-order valence-electron chi connectivity index (χ4n) is 2.66. The third kappa shape index (κ3) is 4.77. The minimum atomic E-state index is -0.127. The molecule has 0 atom stereocenters. The van der Waals surface area contributed by atoms with Gasteiger partial charge in [0.2, 0.25) is 0 Å². The summed E-state index contributed by atoms with van der Waals surface area (Å²) in [5, 5.41) is 0. The van der Waals surface area contributed by atoms with Gasteiger partial charge in [-0.3, -0.25) is 9.69 Å². The number of carbonyl (C=O) groups excluding carboxylic acids is 1. The van der Waals surface area contributed by atoms with Crippen LogP contribution in [0.2, 0.25) is 0 Å². The Bertz CT molecular complexity index is 926. The van der Waals surface area contributed by atoms with Crippen LogP contribution in [-0.4, -0.2) is 22.9 Å². The number of ether oxygens (including phenoxy) is 2. The third-order valence-electron chi connectivity index (χ3n) is 3.82. The molecule has 1 aliphatic rings. The highest BCUT2D eigenvalue weighted by molar-refractivity contribution is 9.10. The van der Waals surface area contributed by atoms with Crippen molar-refractivity contribution in [2.24, 2.45) is 0 Å². The molecule has 0 saturated carbocycles. The lowest BCUT2D eigenvalue weighted by Gasteiger charge is -2.15. The second-order valence-corrected chi connectivity index (χ2v) is 8.83. The Morgan fingerprint density at radius 2 is 1.93 bits per heavy atom. The number of thioether (sulfide) groups is 1. The van der Waals surface area contributed by atoms with Gasteiger partial charge in [-0.15, -0.1) is 0 Å². The zero-order valence-corrected chi connectivity index (χ0v) is 19.0. The number of anilines is 1. The van der Waals surface area contributed by atoms with Crippen molar-refractivity contribution in [3.8, 4) is 11.5 Å². The van der Waals surface area contributed by atoms with Crippen LogP contribution in [0.3, 0.4) is 0 Å². The lowest BCUT2D eigenvalue weighted by molar-refractivity contribution is -0.113. The first-order valence-corrected chi connectivity index (χ1v) is 10.9. The van der Waals surface area contributed by atoms with E-state index in [1.165, 1.54) is 11.8 Å². The Morgan fingerprint density at radius 3 is 2.54 bits per heavy atom. The van der Waals surface area contributed by atoms with Crippen LogP contribution in [0.1, 0.15) is 26.3 Å². The second-order valence-electron chi connectivity index (χ2n) is 6.30. The number of hydrogen-bond donors (Lipinski definition) is 0. The molecule has 2 aromatic rings. The highest BCUT2D eigenvalue weighted by atomic mass is 79.9. The van der Waals surface area contributed by atoms with Crippen LogP contribution in [0.5, 0.6) is 11.5 Å². The molecule has 1 heterocycles. The Labute approximate surface area is 183 Å². The molecule has 146 valence electrons. The van der Waals surface area contributed by atoms with Gasteiger partial charge in [0.15, 0.2) is 4.32 Å². The molecule has 0 aliphatic carbocycles. The van der Waals surface area contributed by atoms with E-state index in [9.17, 15) is 4.79 Å². The van der Waals surface area contributed by atoms with Crippen LogP contribution in [0.4, 0.5) is 5.69 Å². The van der Waals surface area contributed by atoms with E-state index in [1.54, 1.807) is 4.90 Å². The van der Waals surface area contributed by atoms with Crippen molar-refractivity contribution in [1.82, 2.24) is 0 Å². The smallest absolute Gasteiger partial charge is 0.270 e. The van der Waals surface area contributed by atoms with Gasteiger partial charge in [0.25, 0.3) is 5.91 Å². The molecule has 3 rings (SSSR count). The molecule has 0 bridgehead atoms. The number of benzene rings is 2. The van der Waals surface area contributed by atoms with Crippen molar-refractivity contribution >= 4 is 61.9 Å². The Kier molecular flexibility index (Phi) is 6.80. The van der Waals surface area contributed by atoms with Crippen LogP contribution >= 0.6 is 39.9 Å². The summed E-state index contributed by atoms with van der Waals surface area (Å²) >= 11 is 10.3. The third-order valence-corrected chi connectivity index (χ3v) is 5.74. The number of carbonyl (C=O) groups is 1. The summed E-state index contributed by atoms with van der Waals surface area (Å²) in [4.78, 5) is 15.0. The number of thiocarbonyl (C=S) groups is 1. The summed E-state index contributed by atoms with van der Waals surface area (Å²) in [6.45, 7) is 6.49. The second kappa shape index (κ2) is 9.11. The van der Waals surface area contributed by atoms with Gasteiger partial charge in [-0.2, -0.15) is 0 Å². The molecule has 0 aromatic heterocycles. The standard InChI is InChI=1S/C21H20BrNO3S2/c1-4-25-16-8-6-15(7-9-16)23-20(24)19(28-21(23)27)12-14-5-10-18(17(22)11-14)26-13(2)3/h5-13H,4H2,1-3H3/b19-12-. The quantitative estimate of drug-likeness (QED) is 0.374. The van der Waals surface area contributed by atoms with Gasteiger partial charge >= 0.3 is 0 Å². The first-order chi connectivity index (χ1) is 13.4. The summed E-state index contributed by atoms with van der Waals surface area (Å²) in [6, 6.07) is 13.1. The van der Waals surface area contributed by atoms with Gasteiger partial charge < -0.3 is 9.47 Å². The van der Waals surface area contributed by atoms with E-state index in [-0.39, 0.29) is 12.0 Å². The lowest BCUT2D eigenvalue weighted by Crippen LogP contribution is -2.27. The van der Waals surface area contributed by atoms with Crippen LogP contribution < -0.4 is 14.4 Å². The van der Waals surface area contributed by atoms with E-state index >= 15 is 0 Å². The van der Waals surface area contributed by atoms with E-state index in [2.05, 4.69) is 15.9 Å². The van der Waals surface area contributed by atoms with E-state index in [4.69, 9.17) is 21.7 Å². The van der Waals surface area contributed by atoms with Crippen molar-refractivity contribution in [2.75, 3.05) is 11.5 Å². The monoisotopic (exact) mass is 477 g/mol. The first-order valence-electron chi connectivity index (χ1n) is 8.86. The van der Waals surface area contributed by atoms with Gasteiger partial charge in [0.05, 0.1) is 27.8 Å². The van der Waals surface area contributed by atoms with Crippen molar-refractivity contribution in [2.45, 2.75) is 26.9 Å². The molecular formula is C21H20BrNO3S2. The molecule has 1 fully saturated rings. The van der Waals surface area contributed by atoms with Crippen molar-refractivity contribution < 1.29 is 14.3 Å². The van der Waals surface area contributed by atoms with Crippen LogP contribution in [0.15, 0.2) is 51.8 Å². The van der Waals surface area contributed by atoms with Gasteiger partial charge in [-0.1, -0.05) is 30.0 Å². The lowest BCUT2D eigenvalue weighted by atomic mass is 10.2. The summed E-state index contributed by atoms with van der Waals surface area (Å²) < 4.78 is 12.5. The zero-order chi connectivity index (χ0) is 20.3. The Hall–Kier alpha value is -1.83. The number of hydrogen-bond acceptors (Lipinski definition) is 5.